The first-order valence-electron chi connectivity index (χ1n) is 9.12. The molecule has 0 aliphatic carbocycles. The highest BCUT2D eigenvalue weighted by molar-refractivity contribution is 5.69. The lowest BCUT2D eigenvalue weighted by Gasteiger charge is -2.24. The molecular weight excluding hydrogens is 397 g/mol. The van der Waals surface area contributed by atoms with Crippen molar-refractivity contribution in [1.29, 1.82) is 0 Å². The molecule has 30 heavy (non-hydrogen) atoms. The number of rotatable bonds is 7. The van der Waals surface area contributed by atoms with Crippen LogP contribution in [0.1, 0.15) is 22.8 Å². The molecule has 0 fully saturated rings. The Labute approximate surface area is 171 Å². The summed E-state index contributed by atoms with van der Waals surface area (Å²) in [7, 11) is 0. The van der Waals surface area contributed by atoms with E-state index in [0.29, 0.717) is 22.6 Å². The fourth-order valence-electron chi connectivity index (χ4n) is 3.00. The number of benzene rings is 3. The van der Waals surface area contributed by atoms with Crippen molar-refractivity contribution in [2.24, 2.45) is 5.92 Å². The molecule has 2 atom stereocenters. The van der Waals surface area contributed by atoms with Crippen molar-refractivity contribution >= 4 is 5.97 Å². The summed E-state index contributed by atoms with van der Waals surface area (Å²) in [6, 6.07) is 19.4. The van der Waals surface area contributed by atoms with Gasteiger partial charge in [-0.05, 0) is 53.9 Å². The number of carboxylic acids is 1. The zero-order valence-corrected chi connectivity index (χ0v) is 15.7. The molecule has 0 aliphatic heterocycles. The monoisotopic (exact) mass is 415 g/mol. The van der Waals surface area contributed by atoms with E-state index in [2.05, 4.69) is 0 Å². The van der Waals surface area contributed by atoms with Crippen LogP contribution in [0.5, 0.6) is 11.5 Å². The minimum atomic E-state index is -4.48. The van der Waals surface area contributed by atoms with Crippen LogP contribution in [-0.4, -0.2) is 11.1 Å². The fourth-order valence-corrected chi connectivity index (χ4v) is 3.00. The number of para-hydroxylation sites is 1. The summed E-state index contributed by atoms with van der Waals surface area (Å²) in [5.74, 6) is -1.69. The number of aliphatic carboxylic acids is 1. The number of ether oxygens (including phenoxy) is 1. The molecule has 2 unspecified atom stereocenters. The molecule has 0 heterocycles. The van der Waals surface area contributed by atoms with Crippen LogP contribution in [0, 0.1) is 5.92 Å². The maximum Gasteiger partial charge on any atom is 0.416 e. The molecule has 0 amide bonds. The van der Waals surface area contributed by atoms with Crippen LogP contribution in [0.15, 0.2) is 78.9 Å². The van der Waals surface area contributed by atoms with Gasteiger partial charge >= 0.3 is 6.18 Å². The zero-order valence-electron chi connectivity index (χ0n) is 15.7. The third-order valence-corrected chi connectivity index (χ3v) is 4.62. The highest BCUT2D eigenvalue weighted by Gasteiger charge is 2.30. The molecule has 0 bridgehead atoms. The SMILES string of the molecule is O=C([O-])C(Cc1ccc(C(F)(F)F)cc1)C(O)c1ccc(Oc2ccccc2)cc1. The predicted octanol–water partition coefficient (Wildman–Crippen LogP) is 4.14. The van der Waals surface area contributed by atoms with Gasteiger partial charge in [-0.2, -0.15) is 13.2 Å². The summed E-state index contributed by atoms with van der Waals surface area (Å²) >= 11 is 0. The van der Waals surface area contributed by atoms with Crippen LogP contribution in [0.25, 0.3) is 0 Å². The van der Waals surface area contributed by atoms with Gasteiger partial charge in [-0.25, -0.2) is 0 Å². The Balaban J connectivity index is 1.72. The summed E-state index contributed by atoms with van der Waals surface area (Å²) in [5, 5.41) is 22.1. The summed E-state index contributed by atoms with van der Waals surface area (Å²) < 4.78 is 43.7. The average molecular weight is 415 g/mol. The van der Waals surface area contributed by atoms with Gasteiger partial charge in [0.05, 0.1) is 11.7 Å². The molecule has 0 aromatic heterocycles. The minimum absolute atomic E-state index is 0.177. The molecule has 156 valence electrons. The van der Waals surface area contributed by atoms with Gasteiger partial charge in [0.25, 0.3) is 0 Å². The van der Waals surface area contributed by atoms with Crippen molar-refractivity contribution in [2.45, 2.75) is 18.7 Å². The maximum atomic E-state index is 12.7. The number of hydrogen-bond acceptors (Lipinski definition) is 4. The Morgan fingerprint density at radius 1 is 0.900 bits per heavy atom. The summed E-state index contributed by atoms with van der Waals surface area (Å²) in [5.41, 5.74) is -0.150. The molecule has 1 N–H and O–H groups in total. The second-order valence-corrected chi connectivity index (χ2v) is 6.75. The maximum absolute atomic E-state index is 12.7. The molecule has 0 saturated heterocycles. The summed E-state index contributed by atoms with van der Waals surface area (Å²) in [6.07, 6.45) is -6.05. The van der Waals surface area contributed by atoms with E-state index in [9.17, 15) is 28.2 Å². The van der Waals surface area contributed by atoms with Gasteiger partial charge in [-0.15, -0.1) is 0 Å². The predicted molar refractivity (Wildman–Crippen MR) is 102 cm³/mol. The molecule has 0 spiro atoms. The van der Waals surface area contributed by atoms with Gasteiger partial charge in [-0.3, -0.25) is 0 Å². The van der Waals surface area contributed by atoms with Crippen LogP contribution < -0.4 is 9.84 Å². The van der Waals surface area contributed by atoms with E-state index in [1.165, 1.54) is 24.3 Å². The van der Waals surface area contributed by atoms with Crippen molar-refractivity contribution in [1.82, 2.24) is 0 Å². The Morgan fingerprint density at radius 2 is 1.47 bits per heavy atom. The topological polar surface area (TPSA) is 69.6 Å². The molecule has 0 saturated carbocycles. The number of aliphatic hydroxyl groups is 1. The van der Waals surface area contributed by atoms with Gasteiger partial charge in [0.1, 0.15) is 11.5 Å². The molecule has 3 aromatic rings. The van der Waals surface area contributed by atoms with Crippen LogP contribution in [0.2, 0.25) is 0 Å². The van der Waals surface area contributed by atoms with Crippen molar-refractivity contribution in [3.63, 3.8) is 0 Å². The van der Waals surface area contributed by atoms with Gasteiger partial charge in [0.2, 0.25) is 0 Å². The first kappa shape index (κ1) is 21.4. The molecule has 7 heteroatoms. The zero-order chi connectivity index (χ0) is 21.7. The van der Waals surface area contributed by atoms with E-state index >= 15 is 0 Å². The van der Waals surface area contributed by atoms with E-state index < -0.39 is 29.7 Å². The Bertz CT molecular complexity index is 968. The normalized spacial score (nSPS) is 13.5. The van der Waals surface area contributed by atoms with Crippen molar-refractivity contribution < 1.29 is 32.9 Å². The van der Waals surface area contributed by atoms with Gasteiger partial charge in [-0.1, -0.05) is 42.5 Å². The summed E-state index contributed by atoms with van der Waals surface area (Å²) in [4.78, 5) is 11.6. The second-order valence-electron chi connectivity index (χ2n) is 6.75. The third kappa shape index (κ3) is 5.39. The molecule has 0 aliphatic rings. The van der Waals surface area contributed by atoms with Crippen molar-refractivity contribution in [2.75, 3.05) is 0 Å². The van der Waals surface area contributed by atoms with Crippen LogP contribution in [0.4, 0.5) is 13.2 Å². The first-order chi connectivity index (χ1) is 14.2. The van der Waals surface area contributed by atoms with E-state index in [1.54, 1.807) is 24.3 Å². The Kier molecular flexibility index (Phi) is 6.42. The van der Waals surface area contributed by atoms with E-state index in [0.717, 1.165) is 12.1 Å². The number of aliphatic hydroxyl groups excluding tert-OH is 1. The number of carboxylic acid groups (broad SMARTS) is 1. The number of hydrogen-bond donors (Lipinski definition) is 1. The number of alkyl halides is 3. The minimum Gasteiger partial charge on any atom is -0.550 e. The lowest BCUT2D eigenvalue weighted by Crippen LogP contribution is -2.36. The highest BCUT2D eigenvalue weighted by Crippen LogP contribution is 2.31. The standard InChI is InChI=1S/C23H19F3O4/c24-23(25,26)17-10-6-15(7-11-17)14-20(22(28)29)21(27)16-8-12-19(13-9-16)30-18-4-2-1-3-5-18/h1-13,20-21,27H,14H2,(H,28,29)/p-1. The molecule has 3 aromatic carbocycles. The van der Waals surface area contributed by atoms with Crippen molar-refractivity contribution in [3.8, 4) is 11.5 Å². The lowest BCUT2D eigenvalue weighted by molar-refractivity contribution is -0.314. The van der Waals surface area contributed by atoms with Crippen LogP contribution in [-0.2, 0) is 17.4 Å². The largest absolute Gasteiger partial charge is 0.550 e. The molecule has 3 rings (SSSR count). The van der Waals surface area contributed by atoms with E-state index in [1.807, 2.05) is 18.2 Å². The van der Waals surface area contributed by atoms with E-state index in [-0.39, 0.29) is 6.42 Å². The fraction of sp³-hybridized carbons (Fsp3) is 0.174. The quantitative estimate of drug-likeness (QED) is 0.630. The molecule has 0 radical (unpaired) electrons. The second kappa shape index (κ2) is 9.00. The van der Waals surface area contributed by atoms with Crippen molar-refractivity contribution in [3.05, 3.63) is 95.6 Å². The molecule has 4 nitrogen and oxygen atoms in total. The third-order valence-electron chi connectivity index (χ3n) is 4.62. The Hall–Kier alpha value is -3.32. The smallest absolute Gasteiger partial charge is 0.416 e. The van der Waals surface area contributed by atoms with Crippen LogP contribution >= 0.6 is 0 Å². The number of carbonyl (C=O) groups excluding carboxylic acids is 1. The first-order valence-corrected chi connectivity index (χ1v) is 9.12. The van der Waals surface area contributed by atoms with Crippen LogP contribution in [0.3, 0.4) is 0 Å². The van der Waals surface area contributed by atoms with E-state index in [4.69, 9.17) is 4.74 Å². The van der Waals surface area contributed by atoms with Gasteiger partial charge in [0.15, 0.2) is 0 Å². The highest BCUT2D eigenvalue weighted by atomic mass is 19.4. The van der Waals surface area contributed by atoms with Gasteiger partial charge < -0.3 is 19.7 Å². The number of carbonyl (C=O) groups is 1. The lowest BCUT2D eigenvalue weighted by atomic mass is 9.89. The Morgan fingerprint density at radius 3 is 2.00 bits per heavy atom. The number of halogens is 3. The average Bonchev–Trinajstić information content (AvgIpc) is 2.72. The molecular formula is C23H18F3O4-. The summed E-state index contributed by atoms with van der Waals surface area (Å²) in [6.45, 7) is 0. The van der Waals surface area contributed by atoms with Gasteiger partial charge in [0, 0.05) is 11.9 Å².